The first-order chi connectivity index (χ1) is 26.8. The van der Waals surface area contributed by atoms with Gasteiger partial charge in [0.2, 0.25) is 17.7 Å². The third kappa shape index (κ3) is 16.4. The van der Waals surface area contributed by atoms with Crippen molar-refractivity contribution in [2.45, 2.75) is 83.5 Å². The van der Waals surface area contributed by atoms with E-state index in [2.05, 4.69) is 44.5 Å². The highest BCUT2D eigenvalue weighted by atomic mass is 28.4. The molecule has 0 spiro atoms. The molecular weight excluding hydrogens is 747 g/mol. The van der Waals surface area contributed by atoms with E-state index in [9.17, 15) is 24.0 Å². The smallest absolute Gasteiger partial charge is 0.264 e. The quantitative estimate of drug-likeness (QED) is 0.0652. The van der Waals surface area contributed by atoms with Crippen molar-refractivity contribution in [2.24, 2.45) is 0 Å². The number of amides is 5. The number of piperidine rings is 1. The number of unbranched alkanes of at least 4 members (excludes halogenated alkanes) is 2. The van der Waals surface area contributed by atoms with E-state index in [-0.39, 0.29) is 47.0 Å². The van der Waals surface area contributed by atoms with E-state index in [0.717, 1.165) is 17.7 Å². The van der Waals surface area contributed by atoms with Crippen molar-refractivity contribution < 1.29 is 61.6 Å². The van der Waals surface area contributed by atoms with E-state index in [4.69, 9.17) is 37.6 Å². The van der Waals surface area contributed by atoms with Crippen molar-refractivity contribution in [3.05, 3.63) is 29.3 Å². The number of nitrogens with one attached hydrogen (secondary N) is 2. The molecule has 316 valence electrons. The van der Waals surface area contributed by atoms with Gasteiger partial charge in [0, 0.05) is 19.4 Å². The summed E-state index contributed by atoms with van der Waals surface area (Å²) in [6, 6.07) is 3.54. The van der Waals surface area contributed by atoms with Crippen molar-refractivity contribution in [2.75, 3.05) is 104 Å². The molecule has 1 atom stereocenters. The largest absolute Gasteiger partial charge is 0.414 e. The number of hydrogen-bond donors (Lipinski definition) is 2. The molecule has 0 radical (unpaired) electrons. The first-order valence-electron chi connectivity index (χ1n) is 19.7. The lowest BCUT2D eigenvalue weighted by molar-refractivity contribution is -0.136. The van der Waals surface area contributed by atoms with Gasteiger partial charge in [-0.25, -0.2) is 0 Å². The Morgan fingerprint density at radius 1 is 0.714 bits per heavy atom. The Hall–Kier alpha value is -3.13. The maximum atomic E-state index is 13.2. The summed E-state index contributed by atoms with van der Waals surface area (Å²) >= 11 is 0. The van der Waals surface area contributed by atoms with Crippen LogP contribution in [0.15, 0.2) is 18.2 Å². The minimum absolute atomic E-state index is 0.0306. The first kappa shape index (κ1) is 47.2. The van der Waals surface area contributed by atoms with Gasteiger partial charge in [-0.1, -0.05) is 33.3 Å². The molecule has 1 aromatic carbocycles. The van der Waals surface area contributed by atoms with E-state index in [0.29, 0.717) is 106 Å². The molecule has 0 saturated carbocycles. The fourth-order valence-electron chi connectivity index (χ4n) is 5.49. The van der Waals surface area contributed by atoms with Gasteiger partial charge in [-0.15, -0.1) is 0 Å². The van der Waals surface area contributed by atoms with Crippen molar-refractivity contribution in [1.82, 2.24) is 10.2 Å². The molecule has 0 aromatic heterocycles. The Morgan fingerprint density at radius 2 is 1.21 bits per heavy atom. The zero-order chi connectivity index (χ0) is 40.8. The molecular formula is C39H63N3O13Si. The van der Waals surface area contributed by atoms with Crippen molar-refractivity contribution in [3.8, 4) is 0 Å². The van der Waals surface area contributed by atoms with Gasteiger partial charge < -0.3 is 42.9 Å². The minimum atomic E-state index is -1.72. The van der Waals surface area contributed by atoms with Crippen molar-refractivity contribution >= 4 is 43.5 Å². The van der Waals surface area contributed by atoms with Gasteiger partial charge in [0.15, 0.2) is 8.32 Å². The fourth-order valence-corrected chi connectivity index (χ4v) is 6.52. The maximum absolute atomic E-state index is 13.2. The first-order valence-corrected chi connectivity index (χ1v) is 22.6. The molecule has 1 aromatic rings. The predicted octanol–water partition coefficient (Wildman–Crippen LogP) is 3.72. The lowest BCUT2D eigenvalue weighted by Crippen LogP contribution is -2.54. The summed E-state index contributed by atoms with van der Waals surface area (Å²) in [5.74, 6) is -2.70. The number of nitrogens with zero attached hydrogens (tertiary/aromatic N) is 1. The monoisotopic (exact) mass is 809 g/mol. The Morgan fingerprint density at radius 3 is 1.71 bits per heavy atom. The third-order valence-corrected chi connectivity index (χ3v) is 14.2. The van der Waals surface area contributed by atoms with Gasteiger partial charge in [-0.3, -0.25) is 34.2 Å². The Bertz CT molecular complexity index is 1400. The predicted molar refractivity (Wildman–Crippen MR) is 209 cm³/mol. The molecule has 56 heavy (non-hydrogen) atoms. The van der Waals surface area contributed by atoms with Gasteiger partial charge in [0.25, 0.3) is 11.8 Å². The zero-order valence-electron chi connectivity index (χ0n) is 33.9. The van der Waals surface area contributed by atoms with E-state index in [1.807, 2.05) is 0 Å². The molecule has 1 fully saturated rings. The van der Waals surface area contributed by atoms with Crippen LogP contribution in [0.1, 0.15) is 80.0 Å². The summed E-state index contributed by atoms with van der Waals surface area (Å²) in [5.41, 5.74) is 0.391. The lowest BCUT2D eigenvalue weighted by atomic mass is 10.0. The highest BCUT2D eigenvalue weighted by molar-refractivity contribution is 6.74. The Labute approximate surface area is 332 Å². The molecule has 2 aliphatic rings. The normalized spacial score (nSPS) is 16.1. The van der Waals surface area contributed by atoms with Crippen LogP contribution in [0.25, 0.3) is 0 Å². The van der Waals surface area contributed by atoms with Crippen LogP contribution in [0.3, 0.4) is 0 Å². The molecule has 2 aliphatic heterocycles. The summed E-state index contributed by atoms with van der Waals surface area (Å²) in [6.45, 7) is 18.7. The number of carbonyl (C=O) groups excluding carboxylic acids is 5. The molecule has 5 amide bonds. The van der Waals surface area contributed by atoms with Gasteiger partial charge in [-0.2, -0.15) is 0 Å². The van der Waals surface area contributed by atoms with Crippen LogP contribution >= 0.6 is 0 Å². The summed E-state index contributed by atoms with van der Waals surface area (Å²) in [7, 11) is -1.72. The van der Waals surface area contributed by atoms with Gasteiger partial charge in [0.05, 0.1) is 109 Å². The number of rotatable bonds is 30. The lowest BCUT2D eigenvalue weighted by Gasteiger charge is -2.36. The molecule has 1 unspecified atom stereocenters. The number of ether oxygens (including phenoxy) is 7. The molecule has 16 nitrogen and oxygen atoms in total. The number of benzene rings is 1. The number of carbonyl (C=O) groups is 5. The Kier molecular flexibility index (Phi) is 21.3. The highest BCUT2D eigenvalue weighted by Gasteiger charge is 2.45. The van der Waals surface area contributed by atoms with Gasteiger partial charge in [0.1, 0.15) is 6.04 Å². The minimum Gasteiger partial charge on any atom is -0.414 e. The molecule has 0 bridgehead atoms. The fraction of sp³-hybridized carbons (Fsp3) is 0.718. The summed E-state index contributed by atoms with van der Waals surface area (Å²) in [4.78, 5) is 63.5. The third-order valence-electron chi connectivity index (χ3n) is 9.66. The van der Waals surface area contributed by atoms with Crippen LogP contribution in [-0.2, 0) is 52.0 Å². The Balaban J connectivity index is 1.06. The van der Waals surface area contributed by atoms with E-state index in [1.165, 1.54) is 6.07 Å². The second kappa shape index (κ2) is 25.3. The van der Waals surface area contributed by atoms with Crippen LogP contribution in [-0.4, -0.2) is 148 Å². The van der Waals surface area contributed by atoms with Gasteiger partial charge >= 0.3 is 0 Å². The number of hydrogen-bond acceptors (Lipinski definition) is 13. The molecule has 2 heterocycles. The number of fused-ring (bicyclic) bond motifs is 1. The van der Waals surface area contributed by atoms with Crippen LogP contribution < -0.4 is 10.6 Å². The summed E-state index contributed by atoms with van der Waals surface area (Å²) < 4.78 is 44.8. The number of anilines is 1. The summed E-state index contributed by atoms with van der Waals surface area (Å²) in [5, 5.41) is 5.11. The molecule has 2 N–H and O–H groups in total. The topological polar surface area (TPSA) is 186 Å². The average Bonchev–Trinajstić information content (AvgIpc) is 3.40. The van der Waals surface area contributed by atoms with Crippen molar-refractivity contribution in [3.63, 3.8) is 0 Å². The highest BCUT2D eigenvalue weighted by Crippen LogP contribution is 2.36. The summed E-state index contributed by atoms with van der Waals surface area (Å²) in [6.07, 6.45) is 2.47. The maximum Gasteiger partial charge on any atom is 0.264 e. The molecule has 1 saturated heterocycles. The standard InChI is InChI=1S/C39H63N3O13Si/c1-39(2,3)56(4,5)55-29-28-54-27-26-53-25-24-52-23-22-51-21-20-50-19-18-49-17-16-48-15-8-6-7-12-33(43)40-31-11-9-10-30-35(31)38(47)42(37(30)46)32-13-14-34(44)41-36(32)45/h9-11,32H,6-8,12-29H2,1-5H3,(H,40,43)(H,41,44,45). The SMILES string of the molecule is CC(C)(C)[Si](C)(C)OCCOCCOCCOCCOCCOCCOCCOCCCCCC(=O)Nc1cccc2c1C(=O)N(C1CCC(=O)NC1=O)C2=O. The van der Waals surface area contributed by atoms with E-state index in [1.54, 1.807) is 12.1 Å². The van der Waals surface area contributed by atoms with Crippen LogP contribution in [0.4, 0.5) is 5.69 Å². The van der Waals surface area contributed by atoms with E-state index < -0.39 is 38.0 Å². The van der Waals surface area contributed by atoms with Crippen LogP contribution in [0.5, 0.6) is 0 Å². The molecule has 3 rings (SSSR count). The zero-order valence-corrected chi connectivity index (χ0v) is 34.9. The van der Waals surface area contributed by atoms with E-state index >= 15 is 0 Å². The van der Waals surface area contributed by atoms with Crippen LogP contribution in [0.2, 0.25) is 18.1 Å². The second-order valence-electron chi connectivity index (χ2n) is 14.9. The van der Waals surface area contributed by atoms with Crippen molar-refractivity contribution in [1.29, 1.82) is 0 Å². The van der Waals surface area contributed by atoms with Crippen LogP contribution in [0, 0.1) is 0 Å². The van der Waals surface area contributed by atoms with Gasteiger partial charge in [-0.05, 0) is 49.5 Å². The number of imide groups is 2. The molecule has 17 heteroatoms. The molecule has 0 aliphatic carbocycles. The average molecular weight is 810 g/mol. The second-order valence-corrected chi connectivity index (χ2v) is 19.7.